The lowest BCUT2D eigenvalue weighted by Crippen LogP contribution is -2.28. The first-order valence-corrected chi connectivity index (χ1v) is 8.08. The Labute approximate surface area is 116 Å². The minimum absolute atomic E-state index is 0.231. The second kappa shape index (κ2) is 6.73. The second-order valence-electron chi connectivity index (χ2n) is 3.89. The van der Waals surface area contributed by atoms with Crippen molar-refractivity contribution < 1.29 is 8.42 Å². The molecule has 1 unspecified atom stereocenters. The van der Waals surface area contributed by atoms with Gasteiger partial charge in [0.1, 0.15) is 0 Å². The predicted molar refractivity (Wildman–Crippen MR) is 73.8 cm³/mol. The van der Waals surface area contributed by atoms with Crippen LogP contribution in [0.2, 0.25) is 0 Å². The minimum Gasteiger partial charge on any atom is -0.211 e. The molecule has 0 spiro atoms. The highest BCUT2D eigenvalue weighted by Crippen LogP contribution is 2.16. The van der Waals surface area contributed by atoms with Crippen LogP contribution in [0.25, 0.3) is 0 Å². The fraction of sp³-hybridized carbons (Fsp3) is 0.455. The number of hydrogen-bond acceptors (Lipinski definition) is 2. The molecule has 0 bridgehead atoms. The molecule has 1 aromatic carbocycles. The molecule has 0 amide bonds. The van der Waals surface area contributed by atoms with Crippen molar-refractivity contribution in [3.05, 3.63) is 28.7 Å². The van der Waals surface area contributed by atoms with Crippen LogP contribution in [0.4, 0.5) is 0 Å². The molecule has 0 aromatic heterocycles. The summed E-state index contributed by atoms with van der Waals surface area (Å²) in [4.78, 5) is 0.268. The van der Waals surface area contributed by atoms with E-state index in [1.54, 1.807) is 24.3 Å². The van der Waals surface area contributed by atoms with Crippen LogP contribution in [0.3, 0.4) is 0 Å². The van der Waals surface area contributed by atoms with E-state index in [-0.39, 0.29) is 10.8 Å². The van der Waals surface area contributed by atoms with Gasteiger partial charge in [-0.1, -0.05) is 28.9 Å². The Balaban J connectivity index is 2.69. The summed E-state index contributed by atoms with van der Waals surface area (Å²) in [6.07, 6.45) is 0.794. The number of sulfonamides is 1. The molecule has 0 heterocycles. The van der Waals surface area contributed by atoms with Crippen molar-refractivity contribution in [2.45, 2.75) is 18.2 Å². The van der Waals surface area contributed by atoms with Gasteiger partial charge in [-0.25, -0.2) is 13.1 Å². The number of rotatable bonds is 6. The van der Waals surface area contributed by atoms with Gasteiger partial charge in [-0.3, -0.25) is 0 Å². The molecule has 1 aromatic rings. The van der Waals surface area contributed by atoms with E-state index in [1.807, 2.05) is 6.92 Å². The summed E-state index contributed by atoms with van der Waals surface area (Å²) < 4.78 is 27.2. The van der Waals surface area contributed by atoms with E-state index in [0.29, 0.717) is 12.4 Å². The first-order valence-electron chi connectivity index (χ1n) is 5.27. The van der Waals surface area contributed by atoms with E-state index in [1.165, 1.54) is 0 Å². The summed E-state index contributed by atoms with van der Waals surface area (Å²) >= 11 is 8.85. The highest BCUT2D eigenvalue weighted by molar-refractivity contribution is 9.10. The number of nitrogens with one attached hydrogen (secondary N) is 1. The summed E-state index contributed by atoms with van der Waals surface area (Å²) in [5, 5.41) is 0. The van der Waals surface area contributed by atoms with Gasteiger partial charge in [0.2, 0.25) is 10.0 Å². The highest BCUT2D eigenvalue weighted by atomic mass is 79.9. The molecule has 0 aliphatic carbocycles. The van der Waals surface area contributed by atoms with Gasteiger partial charge in [-0.05, 0) is 30.5 Å². The van der Waals surface area contributed by atoms with Gasteiger partial charge in [0.05, 0.1) is 4.90 Å². The monoisotopic (exact) mass is 339 g/mol. The van der Waals surface area contributed by atoms with Crippen LogP contribution in [-0.2, 0) is 10.0 Å². The highest BCUT2D eigenvalue weighted by Gasteiger charge is 2.14. The van der Waals surface area contributed by atoms with Crippen molar-refractivity contribution in [3.63, 3.8) is 0 Å². The molecule has 1 rings (SSSR count). The fourth-order valence-electron chi connectivity index (χ4n) is 1.26. The summed E-state index contributed by atoms with van der Waals surface area (Å²) in [5.41, 5.74) is 0. The van der Waals surface area contributed by atoms with Crippen LogP contribution in [-0.4, -0.2) is 20.8 Å². The minimum atomic E-state index is -3.42. The lowest BCUT2D eigenvalue weighted by atomic mass is 10.1. The van der Waals surface area contributed by atoms with E-state index in [9.17, 15) is 8.42 Å². The Hall–Kier alpha value is -0.100. The Morgan fingerprint density at radius 1 is 1.47 bits per heavy atom. The second-order valence-corrected chi connectivity index (χ2v) is 6.95. The summed E-state index contributed by atoms with van der Waals surface area (Å²) in [6, 6.07) is 6.63. The Morgan fingerprint density at radius 2 is 2.18 bits per heavy atom. The smallest absolute Gasteiger partial charge is 0.211 e. The third kappa shape index (κ3) is 4.95. The molecule has 0 aliphatic heterocycles. The summed E-state index contributed by atoms with van der Waals surface area (Å²) in [7, 11) is -3.42. The zero-order chi connectivity index (χ0) is 12.9. The zero-order valence-corrected chi connectivity index (χ0v) is 12.6. The average Bonchev–Trinajstić information content (AvgIpc) is 2.27. The largest absolute Gasteiger partial charge is 0.240 e. The van der Waals surface area contributed by atoms with Crippen LogP contribution in [0.5, 0.6) is 0 Å². The third-order valence-electron chi connectivity index (χ3n) is 2.33. The van der Waals surface area contributed by atoms with Gasteiger partial charge in [-0.2, -0.15) is 0 Å². The number of benzene rings is 1. The maximum absolute atomic E-state index is 11.9. The van der Waals surface area contributed by atoms with Crippen LogP contribution >= 0.6 is 27.5 Å². The molecule has 6 heteroatoms. The van der Waals surface area contributed by atoms with Crippen LogP contribution in [0.15, 0.2) is 33.6 Å². The Bertz CT molecular complexity index is 464. The fourth-order valence-corrected chi connectivity index (χ4v) is 3.39. The molecule has 96 valence electrons. The lowest BCUT2D eigenvalue weighted by molar-refractivity contribution is 0.530. The van der Waals surface area contributed by atoms with Crippen LogP contribution in [0, 0.1) is 5.92 Å². The van der Waals surface area contributed by atoms with Gasteiger partial charge in [-0.15, -0.1) is 11.6 Å². The molecular formula is C11H15BrClNO2S. The number of halogens is 2. The van der Waals surface area contributed by atoms with Crippen LogP contribution < -0.4 is 4.72 Å². The Kier molecular flexibility index (Phi) is 5.92. The normalized spacial score (nSPS) is 13.6. The van der Waals surface area contributed by atoms with Gasteiger partial charge in [0, 0.05) is 16.9 Å². The van der Waals surface area contributed by atoms with E-state index < -0.39 is 10.0 Å². The zero-order valence-electron chi connectivity index (χ0n) is 9.49. The molecule has 0 radical (unpaired) electrons. The van der Waals surface area contributed by atoms with E-state index in [0.717, 1.165) is 10.9 Å². The molecule has 0 fully saturated rings. The first-order chi connectivity index (χ1) is 7.95. The van der Waals surface area contributed by atoms with Crippen molar-refractivity contribution >= 4 is 37.6 Å². The molecule has 1 atom stereocenters. The predicted octanol–water partition coefficient (Wildman–Crippen LogP) is 2.99. The van der Waals surface area contributed by atoms with E-state index >= 15 is 0 Å². The van der Waals surface area contributed by atoms with Crippen molar-refractivity contribution in [1.29, 1.82) is 0 Å². The van der Waals surface area contributed by atoms with Crippen molar-refractivity contribution in [3.8, 4) is 0 Å². The maximum atomic E-state index is 11.9. The van der Waals surface area contributed by atoms with E-state index in [4.69, 9.17) is 11.6 Å². The molecule has 0 saturated carbocycles. The molecule has 0 saturated heterocycles. The maximum Gasteiger partial charge on any atom is 0.240 e. The molecule has 17 heavy (non-hydrogen) atoms. The average molecular weight is 341 g/mol. The van der Waals surface area contributed by atoms with Gasteiger partial charge < -0.3 is 0 Å². The molecule has 1 N–H and O–H groups in total. The Morgan fingerprint density at radius 3 is 2.76 bits per heavy atom. The van der Waals surface area contributed by atoms with Crippen molar-refractivity contribution in [1.82, 2.24) is 4.72 Å². The molecule has 3 nitrogen and oxygen atoms in total. The first kappa shape index (κ1) is 15.0. The standard InChI is InChI=1S/C11H15BrClNO2S/c1-9(5-6-13)8-14-17(15,16)11-4-2-3-10(12)7-11/h2-4,7,9,14H,5-6,8H2,1H3. The summed E-state index contributed by atoms with van der Waals surface area (Å²) in [5.74, 6) is 0.772. The van der Waals surface area contributed by atoms with Gasteiger partial charge in [0.15, 0.2) is 0 Å². The van der Waals surface area contributed by atoms with Gasteiger partial charge in [0.25, 0.3) is 0 Å². The lowest BCUT2D eigenvalue weighted by Gasteiger charge is -2.11. The number of alkyl halides is 1. The topological polar surface area (TPSA) is 46.2 Å². The summed E-state index contributed by atoms with van der Waals surface area (Å²) in [6.45, 7) is 2.37. The van der Waals surface area contributed by atoms with Gasteiger partial charge >= 0.3 is 0 Å². The molecule has 0 aliphatic rings. The van der Waals surface area contributed by atoms with Crippen molar-refractivity contribution in [2.24, 2.45) is 5.92 Å². The van der Waals surface area contributed by atoms with E-state index in [2.05, 4.69) is 20.7 Å². The van der Waals surface area contributed by atoms with Crippen molar-refractivity contribution in [2.75, 3.05) is 12.4 Å². The van der Waals surface area contributed by atoms with Crippen LogP contribution in [0.1, 0.15) is 13.3 Å². The number of hydrogen-bond donors (Lipinski definition) is 1. The molecular weight excluding hydrogens is 326 g/mol. The SMILES string of the molecule is CC(CCCl)CNS(=O)(=O)c1cccc(Br)c1. The quantitative estimate of drug-likeness (QED) is 0.809. The third-order valence-corrected chi connectivity index (χ3v) is 4.46.